The van der Waals surface area contributed by atoms with Crippen LogP contribution in [-0.4, -0.2) is 30.8 Å². The van der Waals surface area contributed by atoms with Gasteiger partial charge in [0.25, 0.3) is 0 Å². The number of alkyl halides is 1. The molecule has 1 saturated carbocycles. The van der Waals surface area contributed by atoms with Crippen molar-refractivity contribution >= 4 is 40.7 Å². The number of methoxy groups -OCH3 is 1. The van der Waals surface area contributed by atoms with Crippen molar-refractivity contribution in [1.82, 2.24) is 5.32 Å². The molecule has 1 fully saturated rings. The molecule has 2 amide bonds. The summed E-state index contributed by atoms with van der Waals surface area (Å²) in [5.74, 6) is 0.213. The number of nitrogens with zero attached hydrogens (tertiary/aromatic N) is 1. The fourth-order valence-corrected chi connectivity index (χ4v) is 4.35. The van der Waals surface area contributed by atoms with Gasteiger partial charge in [-0.1, -0.05) is 43.5 Å². The van der Waals surface area contributed by atoms with E-state index in [1.54, 1.807) is 55.6 Å². The van der Waals surface area contributed by atoms with E-state index in [4.69, 9.17) is 27.9 Å². The number of nitrogens with one attached hydrogen (secondary N) is 1. The maximum Gasteiger partial charge on any atom is 0.248 e. The number of ether oxygens (including phenoxy) is 1. The van der Waals surface area contributed by atoms with E-state index >= 15 is 0 Å². The molecule has 0 saturated heterocycles. The molecule has 0 radical (unpaired) electrons. The van der Waals surface area contributed by atoms with Crippen molar-refractivity contribution in [2.75, 3.05) is 17.9 Å². The molecule has 2 aromatic rings. The Bertz CT molecular complexity index is 887. The Hall–Kier alpha value is -2.24. The number of halogens is 2. The zero-order chi connectivity index (χ0) is 22.4. The van der Waals surface area contributed by atoms with Crippen LogP contribution in [0.15, 0.2) is 48.5 Å². The predicted molar refractivity (Wildman–Crippen MR) is 125 cm³/mol. The Morgan fingerprint density at radius 2 is 1.74 bits per heavy atom. The zero-order valence-electron chi connectivity index (χ0n) is 17.8. The molecule has 0 spiro atoms. The first-order valence-electron chi connectivity index (χ1n) is 10.5. The number of carbonyl (C=O) groups excluding carboxylic acids is 2. The summed E-state index contributed by atoms with van der Waals surface area (Å²) >= 11 is 12.0. The van der Waals surface area contributed by atoms with Crippen LogP contribution in [0.5, 0.6) is 5.75 Å². The highest BCUT2D eigenvalue weighted by Crippen LogP contribution is 2.32. The standard InChI is InChI=1S/C24H28Cl2N2O3/c1-16-5-3-4-6-21(16)27-24(30)23(17-7-9-18(26)10-8-17)28(22(29)15-25)19-11-13-20(31-2)14-12-19/h7-14,16,21,23H,3-6,15H2,1-2H3,(H,27,30)/t16-,21+,23-/m0/s1. The molecule has 1 aliphatic carbocycles. The van der Waals surface area contributed by atoms with Crippen molar-refractivity contribution in [2.24, 2.45) is 5.92 Å². The average Bonchev–Trinajstić information content (AvgIpc) is 2.79. The molecule has 2 aromatic carbocycles. The van der Waals surface area contributed by atoms with Crippen molar-refractivity contribution < 1.29 is 14.3 Å². The van der Waals surface area contributed by atoms with E-state index in [2.05, 4.69) is 12.2 Å². The predicted octanol–water partition coefficient (Wildman–Crippen LogP) is 5.36. The Labute approximate surface area is 193 Å². The Kier molecular flexibility index (Phi) is 8.22. The topological polar surface area (TPSA) is 58.6 Å². The number of amides is 2. The molecule has 0 aliphatic heterocycles. The van der Waals surface area contributed by atoms with E-state index in [1.165, 1.54) is 11.3 Å². The quantitative estimate of drug-likeness (QED) is 0.563. The van der Waals surface area contributed by atoms with E-state index in [0.717, 1.165) is 19.3 Å². The first-order valence-corrected chi connectivity index (χ1v) is 11.4. The fraction of sp³-hybridized carbons (Fsp3) is 0.417. The van der Waals surface area contributed by atoms with E-state index in [1.807, 2.05) is 0 Å². The average molecular weight is 463 g/mol. The normalized spacial score (nSPS) is 19.4. The first kappa shape index (κ1) is 23.4. The van der Waals surface area contributed by atoms with Crippen LogP contribution in [0.1, 0.15) is 44.2 Å². The van der Waals surface area contributed by atoms with Crippen LogP contribution < -0.4 is 15.0 Å². The van der Waals surface area contributed by atoms with Crippen molar-refractivity contribution in [3.63, 3.8) is 0 Å². The summed E-state index contributed by atoms with van der Waals surface area (Å²) in [5, 5.41) is 3.76. The van der Waals surface area contributed by atoms with Gasteiger partial charge in [0.15, 0.2) is 0 Å². The minimum atomic E-state index is -0.869. The van der Waals surface area contributed by atoms with Gasteiger partial charge in [0.2, 0.25) is 11.8 Å². The molecule has 0 unspecified atom stereocenters. The smallest absolute Gasteiger partial charge is 0.248 e. The van der Waals surface area contributed by atoms with Crippen molar-refractivity contribution in [3.8, 4) is 5.75 Å². The zero-order valence-corrected chi connectivity index (χ0v) is 19.3. The summed E-state index contributed by atoms with van der Waals surface area (Å²) in [7, 11) is 1.58. The second-order valence-electron chi connectivity index (χ2n) is 7.93. The summed E-state index contributed by atoms with van der Waals surface area (Å²) in [6.07, 6.45) is 4.28. The van der Waals surface area contributed by atoms with Gasteiger partial charge >= 0.3 is 0 Å². The first-order chi connectivity index (χ1) is 14.9. The molecule has 1 N–H and O–H groups in total. The summed E-state index contributed by atoms with van der Waals surface area (Å²) in [4.78, 5) is 28.0. The Morgan fingerprint density at radius 1 is 1.10 bits per heavy atom. The van der Waals surface area contributed by atoms with Gasteiger partial charge in [0, 0.05) is 16.8 Å². The monoisotopic (exact) mass is 462 g/mol. The molecule has 3 atom stereocenters. The number of anilines is 1. The molecule has 31 heavy (non-hydrogen) atoms. The van der Waals surface area contributed by atoms with E-state index in [0.29, 0.717) is 27.9 Å². The number of hydrogen-bond acceptors (Lipinski definition) is 3. The molecule has 166 valence electrons. The van der Waals surface area contributed by atoms with Crippen LogP contribution in [0.3, 0.4) is 0 Å². The van der Waals surface area contributed by atoms with Crippen LogP contribution in [-0.2, 0) is 9.59 Å². The third-order valence-electron chi connectivity index (χ3n) is 5.87. The maximum atomic E-state index is 13.6. The van der Waals surface area contributed by atoms with Crippen LogP contribution in [0.4, 0.5) is 5.69 Å². The van der Waals surface area contributed by atoms with E-state index in [9.17, 15) is 9.59 Å². The SMILES string of the molecule is COc1ccc(N(C(=O)CCl)[C@H](C(=O)N[C@@H]2CCCC[C@@H]2C)c2ccc(Cl)cc2)cc1. The lowest BCUT2D eigenvalue weighted by Gasteiger charge is -2.35. The molecule has 3 rings (SSSR count). The minimum absolute atomic E-state index is 0.0832. The molecule has 7 heteroatoms. The Morgan fingerprint density at radius 3 is 2.32 bits per heavy atom. The van der Waals surface area contributed by atoms with Crippen LogP contribution in [0.25, 0.3) is 0 Å². The van der Waals surface area contributed by atoms with Gasteiger partial charge in [-0.25, -0.2) is 0 Å². The second kappa shape index (κ2) is 10.9. The van der Waals surface area contributed by atoms with Gasteiger partial charge in [-0.3, -0.25) is 14.5 Å². The Balaban J connectivity index is 2.01. The number of benzene rings is 2. The molecule has 0 aromatic heterocycles. The second-order valence-corrected chi connectivity index (χ2v) is 8.63. The van der Waals surface area contributed by atoms with Crippen molar-refractivity contribution in [2.45, 2.75) is 44.7 Å². The summed E-state index contributed by atoms with van der Waals surface area (Å²) < 4.78 is 5.23. The molecular weight excluding hydrogens is 435 g/mol. The van der Waals surface area contributed by atoms with E-state index < -0.39 is 6.04 Å². The maximum absolute atomic E-state index is 13.6. The summed E-state index contributed by atoms with van der Waals surface area (Å²) in [5.41, 5.74) is 1.23. The lowest BCUT2D eigenvalue weighted by Crippen LogP contribution is -2.49. The van der Waals surface area contributed by atoms with Gasteiger partial charge in [-0.2, -0.15) is 0 Å². The third kappa shape index (κ3) is 5.72. The molecular formula is C24H28Cl2N2O3. The minimum Gasteiger partial charge on any atom is -0.497 e. The molecule has 0 bridgehead atoms. The third-order valence-corrected chi connectivity index (χ3v) is 6.35. The van der Waals surface area contributed by atoms with Crippen LogP contribution in [0.2, 0.25) is 5.02 Å². The van der Waals surface area contributed by atoms with Crippen molar-refractivity contribution in [3.05, 3.63) is 59.1 Å². The fourth-order valence-electron chi connectivity index (χ4n) is 4.10. The summed E-state index contributed by atoms with van der Waals surface area (Å²) in [6.45, 7) is 2.16. The highest BCUT2D eigenvalue weighted by molar-refractivity contribution is 6.30. The van der Waals surface area contributed by atoms with E-state index in [-0.39, 0.29) is 23.7 Å². The van der Waals surface area contributed by atoms with Gasteiger partial charge in [0.1, 0.15) is 17.7 Å². The highest BCUT2D eigenvalue weighted by Gasteiger charge is 2.34. The highest BCUT2D eigenvalue weighted by atomic mass is 35.5. The lowest BCUT2D eigenvalue weighted by atomic mass is 9.85. The number of hydrogen-bond donors (Lipinski definition) is 1. The summed E-state index contributed by atoms with van der Waals surface area (Å²) in [6, 6.07) is 13.2. The number of carbonyl (C=O) groups is 2. The van der Waals surface area contributed by atoms with Crippen molar-refractivity contribution in [1.29, 1.82) is 0 Å². The molecule has 5 nitrogen and oxygen atoms in total. The van der Waals surface area contributed by atoms with Crippen LogP contribution in [0, 0.1) is 5.92 Å². The lowest BCUT2D eigenvalue weighted by molar-refractivity contribution is -0.126. The van der Waals surface area contributed by atoms with Gasteiger partial charge in [0.05, 0.1) is 7.11 Å². The number of rotatable bonds is 7. The molecule has 0 heterocycles. The van der Waals surface area contributed by atoms with Gasteiger partial charge < -0.3 is 10.1 Å². The molecule has 1 aliphatic rings. The van der Waals surface area contributed by atoms with Crippen LogP contribution >= 0.6 is 23.2 Å². The van der Waals surface area contributed by atoms with Gasteiger partial charge in [-0.05, 0) is 60.7 Å². The largest absolute Gasteiger partial charge is 0.497 e. The van der Waals surface area contributed by atoms with Gasteiger partial charge in [-0.15, -0.1) is 11.6 Å².